The summed E-state index contributed by atoms with van der Waals surface area (Å²) in [5.74, 6) is 0.330. The number of hydrogen-bond donors (Lipinski definition) is 0. The Morgan fingerprint density at radius 1 is 1.18 bits per heavy atom. The first kappa shape index (κ1) is 10.4. The fraction of sp³-hybridized carbons (Fsp3) is 0.700. The number of hydrogen-bond acceptors (Lipinski definition) is 1. The Kier molecular flexibility index (Phi) is 5.81. The summed E-state index contributed by atoms with van der Waals surface area (Å²) in [5.41, 5.74) is 1.01. The van der Waals surface area contributed by atoms with E-state index in [2.05, 4.69) is 6.92 Å². The topological polar surface area (TPSA) is 17.1 Å². The molecule has 0 saturated carbocycles. The maximum absolute atomic E-state index is 11.3. The van der Waals surface area contributed by atoms with Crippen molar-refractivity contribution in [2.24, 2.45) is 0 Å². The van der Waals surface area contributed by atoms with Gasteiger partial charge in [-0.3, -0.25) is 4.79 Å². The van der Waals surface area contributed by atoms with Gasteiger partial charge in [0.05, 0.1) is 0 Å². The molecule has 0 amide bonds. The molecule has 0 bridgehead atoms. The summed E-state index contributed by atoms with van der Waals surface area (Å²) in [6, 6.07) is 0. The lowest BCUT2D eigenvalue weighted by molar-refractivity contribution is -0.115. The molecule has 0 rings (SSSR count). The zero-order chi connectivity index (χ0) is 8.69. The van der Waals surface area contributed by atoms with Crippen molar-refractivity contribution in [3.63, 3.8) is 0 Å². The van der Waals surface area contributed by atoms with Crippen LogP contribution in [0.1, 0.15) is 46.5 Å². The molecule has 0 radical (unpaired) electrons. The Hall–Kier alpha value is -0.590. The molecule has 0 aliphatic rings. The van der Waals surface area contributed by atoms with Crippen LogP contribution in [0, 0.1) is 0 Å². The summed E-state index contributed by atoms with van der Waals surface area (Å²) in [4.78, 5) is 11.3. The van der Waals surface area contributed by atoms with Crippen molar-refractivity contribution >= 4 is 5.78 Å². The summed E-state index contributed by atoms with van der Waals surface area (Å²) in [6.07, 6.45) is 5.62. The van der Waals surface area contributed by atoms with E-state index in [1.807, 2.05) is 19.9 Å². The maximum Gasteiger partial charge on any atom is 0.158 e. The van der Waals surface area contributed by atoms with Gasteiger partial charge < -0.3 is 0 Å². The molecule has 0 unspecified atom stereocenters. The van der Waals surface area contributed by atoms with Crippen LogP contribution in [-0.2, 0) is 4.79 Å². The second-order valence-corrected chi connectivity index (χ2v) is 2.74. The van der Waals surface area contributed by atoms with Gasteiger partial charge in [0.1, 0.15) is 0 Å². The van der Waals surface area contributed by atoms with Gasteiger partial charge >= 0.3 is 0 Å². The van der Waals surface area contributed by atoms with Gasteiger partial charge in [-0.25, -0.2) is 0 Å². The van der Waals surface area contributed by atoms with E-state index in [0.29, 0.717) is 12.2 Å². The van der Waals surface area contributed by atoms with Gasteiger partial charge in [-0.05, 0) is 25.3 Å². The lowest BCUT2D eigenvalue weighted by atomic mass is 10.0. The Balaban J connectivity index is 3.94. The SMILES string of the molecule is C/C=C(\CCC)C(=O)CCC. The Morgan fingerprint density at radius 3 is 2.09 bits per heavy atom. The molecule has 64 valence electrons. The molecule has 0 aliphatic heterocycles. The molecule has 0 aromatic carbocycles. The molecule has 0 heterocycles. The second kappa shape index (κ2) is 6.14. The van der Waals surface area contributed by atoms with Crippen LogP contribution in [-0.4, -0.2) is 5.78 Å². The molecular weight excluding hydrogens is 136 g/mol. The highest BCUT2D eigenvalue weighted by Crippen LogP contribution is 2.09. The lowest BCUT2D eigenvalue weighted by Gasteiger charge is -2.01. The molecule has 1 heteroatoms. The smallest absolute Gasteiger partial charge is 0.158 e. The van der Waals surface area contributed by atoms with Gasteiger partial charge in [0.25, 0.3) is 0 Å². The lowest BCUT2D eigenvalue weighted by Crippen LogP contribution is -2.01. The van der Waals surface area contributed by atoms with Gasteiger partial charge in [0.15, 0.2) is 5.78 Å². The van der Waals surface area contributed by atoms with Crippen molar-refractivity contribution in [2.75, 3.05) is 0 Å². The van der Waals surface area contributed by atoms with E-state index in [-0.39, 0.29) is 0 Å². The minimum absolute atomic E-state index is 0.330. The van der Waals surface area contributed by atoms with Crippen LogP contribution in [0.25, 0.3) is 0 Å². The number of carbonyl (C=O) groups is 1. The molecule has 0 aromatic rings. The van der Waals surface area contributed by atoms with Crippen LogP contribution in [0.5, 0.6) is 0 Å². The molecule has 0 aromatic heterocycles. The first-order valence-corrected chi connectivity index (χ1v) is 4.44. The fourth-order valence-corrected chi connectivity index (χ4v) is 1.10. The molecule has 0 N–H and O–H groups in total. The van der Waals surface area contributed by atoms with Crippen LogP contribution < -0.4 is 0 Å². The van der Waals surface area contributed by atoms with Gasteiger partial charge in [-0.1, -0.05) is 26.3 Å². The normalized spacial score (nSPS) is 11.7. The minimum Gasteiger partial charge on any atom is -0.295 e. The van der Waals surface area contributed by atoms with Crippen molar-refractivity contribution < 1.29 is 4.79 Å². The van der Waals surface area contributed by atoms with Crippen LogP contribution in [0.2, 0.25) is 0 Å². The predicted molar refractivity (Wildman–Crippen MR) is 48.6 cm³/mol. The molecule has 11 heavy (non-hydrogen) atoms. The van der Waals surface area contributed by atoms with Gasteiger partial charge in [-0.2, -0.15) is 0 Å². The summed E-state index contributed by atoms with van der Waals surface area (Å²) in [7, 11) is 0. The van der Waals surface area contributed by atoms with Crippen molar-refractivity contribution in [3.8, 4) is 0 Å². The summed E-state index contributed by atoms with van der Waals surface area (Å²) in [5, 5.41) is 0. The monoisotopic (exact) mass is 154 g/mol. The number of allylic oxidation sites excluding steroid dienone is 2. The third-order valence-corrected chi connectivity index (χ3v) is 1.70. The second-order valence-electron chi connectivity index (χ2n) is 2.74. The van der Waals surface area contributed by atoms with E-state index >= 15 is 0 Å². The molecular formula is C10H18O. The van der Waals surface area contributed by atoms with Gasteiger partial charge in [-0.15, -0.1) is 0 Å². The number of rotatable bonds is 5. The number of carbonyl (C=O) groups excluding carboxylic acids is 1. The van der Waals surface area contributed by atoms with E-state index in [1.165, 1.54) is 0 Å². The van der Waals surface area contributed by atoms with Crippen molar-refractivity contribution in [3.05, 3.63) is 11.6 Å². The molecule has 1 nitrogen and oxygen atoms in total. The molecule has 0 saturated heterocycles. The average Bonchev–Trinajstić information content (AvgIpc) is 2.00. The summed E-state index contributed by atoms with van der Waals surface area (Å²) in [6.45, 7) is 6.08. The van der Waals surface area contributed by atoms with Crippen LogP contribution in [0.4, 0.5) is 0 Å². The van der Waals surface area contributed by atoms with E-state index in [9.17, 15) is 4.79 Å². The highest BCUT2D eigenvalue weighted by molar-refractivity contribution is 5.95. The predicted octanol–water partition coefficient (Wildman–Crippen LogP) is 3.10. The van der Waals surface area contributed by atoms with Gasteiger partial charge in [0, 0.05) is 6.42 Å². The van der Waals surface area contributed by atoms with E-state index in [0.717, 1.165) is 24.8 Å². The maximum atomic E-state index is 11.3. The van der Waals surface area contributed by atoms with E-state index < -0.39 is 0 Å². The first-order chi connectivity index (χ1) is 5.26. The molecule has 0 spiro atoms. The largest absolute Gasteiger partial charge is 0.295 e. The van der Waals surface area contributed by atoms with Crippen LogP contribution in [0.3, 0.4) is 0 Å². The Labute approximate surface area is 69.5 Å². The standard InChI is InChI=1S/C10H18O/c1-4-7-9(6-3)10(11)8-5-2/h6H,4-5,7-8H2,1-3H3/b9-6+. The zero-order valence-electron chi connectivity index (χ0n) is 7.81. The van der Waals surface area contributed by atoms with Crippen molar-refractivity contribution in [1.82, 2.24) is 0 Å². The average molecular weight is 154 g/mol. The zero-order valence-corrected chi connectivity index (χ0v) is 7.81. The highest BCUT2D eigenvalue weighted by Gasteiger charge is 2.04. The van der Waals surface area contributed by atoms with Crippen LogP contribution >= 0.6 is 0 Å². The number of Topliss-reactive ketones (excluding diaryl/α,β-unsaturated/α-hetero) is 1. The van der Waals surface area contributed by atoms with Crippen LogP contribution in [0.15, 0.2) is 11.6 Å². The molecule has 0 atom stereocenters. The minimum atomic E-state index is 0.330. The first-order valence-electron chi connectivity index (χ1n) is 4.44. The number of ketones is 1. The Bertz CT molecular complexity index is 145. The van der Waals surface area contributed by atoms with E-state index in [1.54, 1.807) is 0 Å². The summed E-state index contributed by atoms with van der Waals surface area (Å²) < 4.78 is 0. The van der Waals surface area contributed by atoms with Crippen molar-refractivity contribution in [2.45, 2.75) is 46.5 Å². The Morgan fingerprint density at radius 2 is 1.73 bits per heavy atom. The summed E-state index contributed by atoms with van der Waals surface area (Å²) >= 11 is 0. The third kappa shape index (κ3) is 3.97. The van der Waals surface area contributed by atoms with Gasteiger partial charge in [0.2, 0.25) is 0 Å². The third-order valence-electron chi connectivity index (χ3n) is 1.70. The van der Waals surface area contributed by atoms with E-state index in [4.69, 9.17) is 0 Å². The quantitative estimate of drug-likeness (QED) is 0.556. The molecule has 0 fully saturated rings. The van der Waals surface area contributed by atoms with Crippen molar-refractivity contribution in [1.29, 1.82) is 0 Å². The highest BCUT2D eigenvalue weighted by atomic mass is 16.1. The molecule has 0 aliphatic carbocycles. The fourth-order valence-electron chi connectivity index (χ4n) is 1.10.